The number of nitrogens with zero attached hydrogens (tertiary/aromatic N) is 2. The molecule has 0 fully saturated rings. The Hall–Kier alpha value is -2.18. The zero-order chi connectivity index (χ0) is 15.6. The van der Waals surface area contributed by atoms with E-state index in [1.54, 1.807) is 6.92 Å². The summed E-state index contributed by atoms with van der Waals surface area (Å²) in [6.45, 7) is 3.74. The summed E-state index contributed by atoms with van der Waals surface area (Å²) in [5.74, 6) is -0.342. The smallest absolute Gasteiger partial charge is 0.368 e. The zero-order valence-electron chi connectivity index (χ0n) is 11.4. The molecule has 1 aromatic heterocycles. The van der Waals surface area contributed by atoms with Crippen LogP contribution in [0.25, 0.3) is 11.4 Å². The number of rotatable bonds is 3. The normalized spacial score (nSPS) is 11.5. The van der Waals surface area contributed by atoms with E-state index in [-0.39, 0.29) is 17.3 Å². The predicted molar refractivity (Wildman–Crippen MR) is 71.3 cm³/mol. The molecule has 0 unspecified atom stereocenters. The van der Waals surface area contributed by atoms with E-state index in [0.717, 1.165) is 12.1 Å². The van der Waals surface area contributed by atoms with E-state index in [1.807, 2.05) is 0 Å². The monoisotopic (exact) mass is 299 g/mol. The molecule has 0 bridgehead atoms. The Morgan fingerprint density at radius 2 is 1.71 bits per heavy atom. The largest absolute Gasteiger partial charge is 0.416 e. The van der Waals surface area contributed by atoms with E-state index in [0.29, 0.717) is 12.1 Å². The van der Waals surface area contributed by atoms with Crippen LogP contribution in [0, 0.1) is 12.7 Å². The van der Waals surface area contributed by atoms with Gasteiger partial charge in [-0.1, -0.05) is 12.1 Å². The minimum absolute atomic E-state index is 0.0416. The lowest BCUT2D eigenvalue weighted by Crippen LogP contribution is -2.07. The summed E-state index contributed by atoms with van der Waals surface area (Å²) in [5, 5.41) is 2.76. The second kappa shape index (κ2) is 5.67. The third kappa shape index (κ3) is 3.29. The maximum Gasteiger partial charge on any atom is 0.416 e. The lowest BCUT2D eigenvalue weighted by atomic mass is 10.1. The van der Waals surface area contributed by atoms with Crippen molar-refractivity contribution < 1.29 is 17.6 Å². The van der Waals surface area contributed by atoms with E-state index < -0.39 is 17.6 Å². The Labute approximate surface area is 119 Å². The summed E-state index contributed by atoms with van der Waals surface area (Å²) in [7, 11) is 0. The molecule has 0 saturated heterocycles. The number of nitrogens with one attached hydrogen (secondary N) is 1. The Morgan fingerprint density at radius 3 is 2.24 bits per heavy atom. The van der Waals surface area contributed by atoms with Gasteiger partial charge in [-0.15, -0.1) is 0 Å². The van der Waals surface area contributed by atoms with Gasteiger partial charge in [0.2, 0.25) is 0 Å². The summed E-state index contributed by atoms with van der Waals surface area (Å²) < 4.78 is 51.3. The van der Waals surface area contributed by atoms with Gasteiger partial charge in [0.1, 0.15) is 0 Å². The van der Waals surface area contributed by atoms with Gasteiger partial charge in [-0.2, -0.15) is 13.2 Å². The van der Waals surface area contributed by atoms with Crippen molar-refractivity contribution >= 4 is 5.82 Å². The van der Waals surface area contributed by atoms with Crippen molar-refractivity contribution in [2.24, 2.45) is 0 Å². The molecule has 1 heterocycles. The number of aryl methyl sites for hydroxylation is 1. The Morgan fingerprint density at radius 1 is 1.10 bits per heavy atom. The molecule has 1 N–H and O–H groups in total. The highest BCUT2D eigenvalue weighted by atomic mass is 19.4. The number of benzene rings is 1. The molecule has 0 aliphatic rings. The lowest BCUT2D eigenvalue weighted by Gasteiger charge is -2.10. The van der Waals surface area contributed by atoms with Gasteiger partial charge in [0.15, 0.2) is 17.5 Å². The first kappa shape index (κ1) is 15.2. The fourth-order valence-corrected chi connectivity index (χ4v) is 1.78. The maximum absolute atomic E-state index is 13.8. The predicted octanol–water partition coefficient (Wildman–Crippen LogP) is 4.04. The molecule has 0 radical (unpaired) electrons. The van der Waals surface area contributed by atoms with Crippen LogP contribution in [0.2, 0.25) is 0 Å². The first-order valence-corrected chi connectivity index (χ1v) is 6.28. The van der Waals surface area contributed by atoms with Crippen molar-refractivity contribution in [3.8, 4) is 11.4 Å². The Balaban J connectivity index is 2.42. The van der Waals surface area contributed by atoms with Crippen LogP contribution in [0.5, 0.6) is 0 Å². The quantitative estimate of drug-likeness (QED) is 0.869. The number of halogens is 4. The Kier molecular flexibility index (Phi) is 4.11. The van der Waals surface area contributed by atoms with E-state index in [2.05, 4.69) is 15.3 Å². The Bertz CT molecular complexity index is 636. The average Bonchev–Trinajstić information content (AvgIpc) is 2.43. The third-order valence-corrected chi connectivity index (χ3v) is 2.83. The van der Waals surface area contributed by atoms with Gasteiger partial charge in [-0.05, 0) is 26.0 Å². The van der Waals surface area contributed by atoms with Gasteiger partial charge >= 0.3 is 6.18 Å². The van der Waals surface area contributed by atoms with Crippen LogP contribution in [0.3, 0.4) is 0 Å². The van der Waals surface area contributed by atoms with Gasteiger partial charge in [0.05, 0.1) is 11.3 Å². The minimum atomic E-state index is -4.40. The molecule has 0 aliphatic heterocycles. The second-order valence-electron chi connectivity index (χ2n) is 4.40. The highest BCUT2D eigenvalue weighted by molar-refractivity contribution is 5.58. The fraction of sp³-hybridized carbons (Fsp3) is 0.286. The summed E-state index contributed by atoms with van der Waals surface area (Å²) in [6.07, 6.45) is -4.40. The fourth-order valence-electron chi connectivity index (χ4n) is 1.78. The topological polar surface area (TPSA) is 37.8 Å². The molecule has 0 spiro atoms. The molecule has 0 amide bonds. The van der Waals surface area contributed by atoms with Crippen LogP contribution < -0.4 is 5.32 Å². The first-order valence-electron chi connectivity index (χ1n) is 6.28. The number of aromatic nitrogens is 2. The molecule has 0 saturated carbocycles. The van der Waals surface area contributed by atoms with Gasteiger partial charge in [-0.25, -0.2) is 14.4 Å². The molecule has 112 valence electrons. The molecule has 0 atom stereocenters. The van der Waals surface area contributed by atoms with Gasteiger partial charge in [0.25, 0.3) is 0 Å². The molecule has 1 aromatic carbocycles. The average molecular weight is 299 g/mol. The third-order valence-electron chi connectivity index (χ3n) is 2.83. The van der Waals surface area contributed by atoms with Crippen molar-refractivity contribution in [1.29, 1.82) is 0 Å². The molecular formula is C14H13F4N3. The highest BCUT2D eigenvalue weighted by Crippen LogP contribution is 2.30. The summed E-state index contributed by atoms with van der Waals surface area (Å²) >= 11 is 0. The van der Waals surface area contributed by atoms with Crippen LogP contribution in [0.4, 0.5) is 23.4 Å². The number of alkyl halides is 3. The first-order chi connectivity index (χ1) is 9.82. The van der Waals surface area contributed by atoms with Crippen molar-refractivity contribution in [2.75, 3.05) is 11.9 Å². The van der Waals surface area contributed by atoms with Crippen molar-refractivity contribution in [1.82, 2.24) is 9.97 Å². The summed E-state index contributed by atoms with van der Waals surface area (Å²) in [5.41, 5.74) is -0.224. The van der Waals surface area contributed by atoms with Crippen LogP contribution in [-0.4, -0.2) is 16.5 Å². The van der Waals surface area contributed by atoms with Crippen molar-refractivity contribution in [3.05, 3.63) is 41.3 Å². The zero-order valence-corrected chi connectivity index (χ0v) is 11.4. The van der Waals surface area contributed by atoms with E-state index in [1.165, 1.54) is 19.1 Å². The molecule has 7 heteroatoms. The highest BCUT2D eigenvalue weighted by Gasteiger charge is 2.30. The van der Waals surface area contributed by atoms with Crippen molar-refractivity contribution in [2.45, 2.75) is 20.0 Å². The molecule has 0 aliphatic carbocycles. The standard InChI is InChI=1S/C14H13F4N3/c1-3-19-13-11(15)8(2)20-12(21-13)9-4-6-10(7-5-9)14(16,17)18/h4-7H,3H2,1-2H3,(H,19,20,21). The summed E-state index contributed by atoms with van der Waals surface area (Å²) in [6, 6.07) is 4.44. The number of hydrogen-bond acceptors (Lipinski definition) is 3. The lowest BCUT2D eigenvalue weighted by molar-refractivity contribution is -0.137. The van der Waals surface area contributed by atoms with Gasteiger partial charge < -0.3 is 5.32 Å². The molecule has 21 heavy (non-hydrogen) atoms. The molecule has 3 nitrogen and oxygen atoms in total. The van der Waals surface area contributed by atoms with E-state index in [4.69, 9.17) is 0 Å². The SMILES string of the molecule is CCNc1nc(-c2ccc(C(F)(F)F)cc2)nc(C)c1F. The van der Waals surface area contributed by atoms with Gasteiger partial charge in [0, 0.05) is 12.1 Å². The molecule has 2 rings (SSSR count). The van der Waals surface area contributed by atoms with Crippen LogP contribution in [-0.2, 0) is 6.18 Å². The molecule has 2 aromatic rings. The van der Waals surface area contributed by atoms with E-state index in [9.17, 15) is 17.6 Å². The van der Waals surface area contributed by atoms with Crippen LogP contribution in [0.15, 0.2) is 24.3 Å². The summed E-state index contributed by atoms with van der Waals surface area (Å²) in [4.78, 5) is 7.98. The van der Waals surface area contributed by atoms with Gasteiger partial charge in [-0.3, -0.25) is 0 Å². The van der Waals surface area contributed by atoms with E-state index >= 15 is 0 Å². The minimum Gasteiger partial charge on any atom is -0.368 e. The second-order valence-corrected chi connectivity index (χ2v) is 4.40. The number of anilines is 1. The maximum atomic E-state index is 13.8. The van der Waals surface area contributed by atoms with Crippen LogP contribution in [0.1, 0.15) is 18.2 Å². The van der Waals surface area contributed by atoms with Crippen molar-refractivity contribution in [3.63, 3.8) is 0 Å². The van der Waals surface area contributed by atoms with Crippen LogP contribution >= 0.6 is 0 Å². The molecular weight excluding hydrogens is 286 g/mol. The number of hydrogen-bond donors (Lipinski definition) is 1.